The van der Waals surface area contributed by atoms with Gasteiger partial charge in [0.05, 0.1) is 39.0 Å². The highest BCUT2D eigenvalue weighted by molar-refractivity contribution is 6.10. The molecule has 0 radical (unpaired) electrons. The van der Waals surface area contributed by atoms with Gasteiger partial charge in [-0.3, -0.25) is 4.79 Å². The number of carbonyl (C=O) groups is 2. The highest BCUT2D eigenvalue weighted by atomic mass is 16.6. The number of benzene rings is 3. The molecule has 63 heavy (non-hydrogen) atoms. The van der Waals surface area contributed by atoms with Crippen molar-refractivity contribution in [3.63, 3.8) is 0 Å². The quantitative estimate of drug-likeness (QED) is 0.146. The van der Waals surface area contributed by atoms with Gasteiger partial charge >= 0.3 is 6.09 Å². The number of hydrogen-bond acceptors (Lipinski definition) is 7. The van der Waals surface area contributed by atoms with E-state index in [1.165, 1.54) is 0 Å². The van der Waals surface area contributed by atoms with Crippen molar-refractivity contribution in [2.75, 3.05) is 20.8 Å². The van der Waals surface area contributed by atoms with Crippen LogP contribution in [0.25, 0.3) is 11.1 Å². The largest absolute Gasteiger partial charge is 0.497 e. The second-order valence-corrected chi connectivity index (χ2v) is 21.4. The Balaban J connectivity index is 1.09. The van der Waals surface area contributed by atoms with Crippen molar-refractivity contribution in [3.8, 4) is 22.6 Å². The number of hydrogen-bond donors (Lipinski definition) is 2. The van der Waals surface area contributed by atoms with E-state index in [1.54, 1.807) is 19.1 Å². The van der Waals surface area contributed by atoms with Crippen LogP contribution in [-0.2, 0) is 11.3 Å². The van der Waals surface area contributed by atoms with Crippen LogP contribution in [0.1, 0.15) is 115 Å². The molecule has 7 aliphatic carbocycles. The fourth-order valence-corrected chi connectivity index (χ4v) is 14.3. The molecule has 336 valence electrons. The smallest absolute Gasteiger partial charge is 0.410 e. The Bertz CT molecular complexity index is 2270. The van der Waals surface area contributed by atoms with Crippen molar-refractivity contribution in [3.05, 3.63) is 108 Å². The number of rotatable bonds is 11. The van der Waals surface area contributed by atoms with Gasteiger partial charge in [-0.05, 0) is 116 Å². The molecule has 2 N–H and O–H groups in total. The summed E-state index contributed by atoms with van der Waals surface area (Å²) in [4.78, 5) is 31.9. The van der Waals surface area contributed by atoms with Crippen molar-refractivity contribution < 1.29 is 34.0 Å². The molecule has 8 heteroatoms. The van der Waals surface area contributed by atoms with Crippen LogP contribution in [0, 0.1) is 51.2 Å². The predicted molar refractivity (Wildman–Crippen MR) is 246 cm³/mol. The zero-order valence-corrected chi connectivity index (χ0v) is 38.6. The summed E-state index contributed by atoms with van der Waals surface area (Å²) in [5.74, 6) is 2.48. The minimum Gasteiger partial charge on any atom is -0.497 e. The van der Waals surface area contributed by atoms with Gasteiger partial charge in [0.1, 0.15) is 17.6 Å². The maximum Gasteiger partial charge on any atom is 0.410 e. The lowest BCUT2D eigenvalue weighted by atomic mass is 9.32. The molecule has 4 saturated carbocycles. The summed E-state index contributed by atoms with van der Waals surface area (Å²) in [6.07, 6.45) is 13.9. The molecular formula is C55H69NO7. The van der Waals surface area contributed by atoms with Gasteiger partial charge < -0.3 is 29.3 Å². The molecule has 8 nitrogen and oxygen atoms in total. The Morgan fingerprint density at radius 2 is 1.52 bits per heavy atom. The number of methoxy groups -OCH3 is 2. The molecule has 3 aromatic carbocycles. The molecule has 2 spiro atoms. The zero-order valence-electron chi connectivity index (χ0n) is 38.6. The number of ether oxygens (including phenoxy) is 3. The monoisotopic (exact) mass is 856 g/mol. The molecule has 7 aliphatic rings. The van der Waals surface area contributed by atoms with Gasteiger partial charge in [-0.2, -0.15) is 0 Å². The number of amides is 1. The van der Waals surface area contributed by atoms with E-state index in [0.29, 0.717) is 48.2 Å². The Morgan fingerprint density at radius 1 is 0.825 bits per heavy atom. The van der Waals surface area contributed by atoms with E-state index >= 15 is 4.79 Å². The first-order valence-electron chi connectivity index (χ1n) is 23.8. The summed E-state index contributed by atoms with van der Waals surface area (Å²) < 4.78 is 18.0. The van der Waals surface area contributed by atoms with Crippen molar-refractivity contribution in [2.24, 2.45) is 51.2 Å². The minimum atomic E-state index is -1.28. The van der Waals surface area contributed by atoms with Crippen molar-refractivity contribution >= 4 is 11.9 Å². The van der Waals surface area contributed by atoms with Crippen molar-refractivity contribution in [2.45, 2.75) is 123 Å². The number of fused-ring (bicyclic) bond motifs is 1. The molecule has 2 bridgehead atoms. The molecule has 0 aromatic heterocycles. The summed E-state index contributed by atoms with van der Waals surface area (Å²) in [5, 5.41) is 24.7. The summed E-state index contributed by atoms with van der Waals surface area (Å²) >= 11 is 0. The highest BCUT2D eigenvalue weighted by Crippen LogP contribution is 2.78. The Morgan fingerprint density at radius 3 is 2.24 bits per heavy atom. The number of ketones is 1. The molecule has 0 aliphatic heterocycles. The Labute approximate surface area is 375 Å². The van der Waals surface area contributed by atoms with Crippen LogP contribution < -0.4 is 9.47 Å². The maximum absolute atomic E-state index is 15.3. The van der Waals surface area contributed by atoms with E-state index in [2.05, 4.69) is 65.0 Å². The third-order valence-corrected chi connectivity index (χ3v) is 18.0. The minimum absolute atomic E-state index is 0.0309. The van der Waals surface area contributed by atoms with E-state index in [-0.39, 0.29) is 48.1 Å². The third kappa shape index (κ3) is 6.99. The normalized spacial score (nSPS) is 36.4. The number of allylic oxidation sites excluding steroid dienone is 4. The number of nitrogens with zero attached hydrogens (tertiary/aromatic N) is 1. The van der Waals surface area contributed by atoms with Crippen molar-refractivity contribution in [1.29, 1.82) is 0 Å². The first kappa shape index (κ1) is 43.8. The first-order chi connectivity index (χ1) is 30.1. The molecule has 0 heterocycles. The van der Waals surface area contributed by atoms with E-state index in [1.807, 2.05) is 60.7 Å². The van der Waals surface area contributed by atoms with Crippen LogP contribution in [0.4, 0.5) is 4.79 Å². The Kier molecular flexibility index (Phi) is 11.3. The topological polar surface area (TPSA) is 106 Å². The molecule has 10 rings (SSSR count). The first-order valence-corrected chi connectivity index (χ1v) is 23.8. The lowest BCUT2D eigenvalue weighted by Crippen LogP contribution is -2.67. The standard InChI is InChI=1S/C55H69NO7/c1-35(2)43-20-13-36(3)29-46(43)63-50(59)56(33-40-18-19-42(61-6)30-45(40)62-7)34-54(60)26-23-48-52(54,5)25-22-47-51(4)24-21-41(57)31-53(51)27-28-55(47,48)44(32-53)49(58)39-16-14-38(15-17-39)37-11-9-8-10-12-37/h8-12,14-19,27-28,30,32,35-36,41,43,46-48,57,60H,13,20-26,29,31,33-34H2,1-7H3. The van der Waals surface area contributed by atoms with Crippen LogP contribution in [0.5, 0.6) is 11.5 Å². The second-order valence-electron chi connectivity index (χ2n) is 21.4. The lowest BCUT2D eigenvalue weighted by molar-refractivity contribution is -0.175. The fraction of sp³-hybridized carbons (Fsp3) is 0.564. The average molecular weight is 856 g/mol. The van der Waals surface area contributed by atoms with E-state index in [0.717, 1.165) is 67.2 Å². The highest BCUT2D eigenvalue weighted by Gasteiger charge is 2.74. The molecule has 3 aromatic rings. The van der Waals surface area contributed by atoms with Gasteiger partial charge in [0.25, 0.3) is 0 Å². The zero-order chi connectivity index (χ0) is 44.5. The van der Waals surface area contributed by atoms with Gasteiger partial charge in [0.2, 0.25) is 0 Å². The van der Waals surface area contributed by atoms with E-state index < -0.39 is 34.0 Å². The fourth-order valence-electron chi connectivity index (χ4n) is 14.3. The summed E-state index contributed by atoms with van der Waals surface area (Å²) in [7, 11) is 3.25. The van der Waals surface area contributed by atoms with Gasteiger partial charge in [0.15, 0.2) is 5.78 Å². The van der Waals surface area contributed by atoms with Crippen LogP contribution in [0.2, 0.25) is 0 Å². The van der Waals surface area contributed by atoms with E-state index in [4.69, 9.17) is 14.2 Å². The molecular weight excluding hydrogens is 787 g/mol. The SMILES string of the molecule is COc1ccc(CN(CC2(O)CCC3C45C=CC6(C=C4C(=O)c4ccc(-c7ccccc7)cc4)CC(O)CCC6(C)C5CCC32C)C(=O)OC2CC(C)CCC2C(C)C)c(OC)c1. The van der Waals surface area contributed by atoms with Gasteiger partial charge in [-0.25, -0.2) is 4.79 Å². The third-order valence-electron chi connectivity index (χ3n) is 18.0. The maximum atomic E-state index is 15.3. The summed E-state index contributed by atoms with van der Waals surface area (Å²) in [6.45, 7) is 11.6. The molecule has 1 amide bonds. The lowest BCUT2D eigenvalue weighted by Gasteiger charge is -2.71. The van der Waals surface area contributed by atoms with Crippen LogP contribution in [0.15, 0.2) is 96.6 Å². The summed E-state index contributed by atoms with van der Waals surface area (Å²) in [6, 6.07) is 23.9. The number of carbonyl (C=O) groups excluding carboxylic acids is 2. The Hall–Kier alpha value is -4.40. The molecule has 11 atom stereocenters. The molecule has 0 saturated heterocycles. The number of Topliss-reactive ketones (excluding diaryl/α,β-unsaturated/α-hetero) is 1. The molecule has 4 fully saturated rings. The molecule has 11 unspecified atom stereocenters. The number of aliphatic hydroxyl groups is 2. The number of aliphatic hydroxyl groups excluding tert-OH is 1. The second kappa shape index (κ2) is 16.2. The summed E-state index contributed by atoms with van der Waals surface area (Å²) in [5.41, 5.74) is 1.30. The van der Waals surface area contributed by atoms with Crippen LogP contribution >= 0.6 is 0 Å². The van der Waals surface area contributed by atoms with Gasteiger partial charge in [-0.15, -0.1) is 0 Å². The van der Waals surface area contributed by atoms with Crippen LogP contribution in [0.3, 0.4) is 0 Å². The van der Waals surface area contributed by atoms with Gasteiger partial charge in [0, 0.05) is 39.0 Å². The van der Waals surface area contributed by atoms with Crippen LogP contribution in [-0.4, -0.2) is 65.6 Å². The van der Waals surface area contributed by atoms with Crippen molar-refractivity contribution in [1.82, 2.24) is 4.90 Å². The van der Waals surface area contributed by atoms with Gasteiger partial charge in [-0.1, -0.05) is 114 Å². The predicted octanol–water partition coefficient (Wildman–Crippen LogP) is 11.2. The van der Waals surface area contributed by atoms with E-state index in [9.17, 15) is 15.0 Å². The average Bonchev–Trinajstić information content (AvgIpc) is 3.55.